The van der Waals surface area contributed by atoms with Gasteiger partial charge in [-0.3, -0.25) is 14.5 Å². The van der Waals surface area contributed by atoms with E-state index < -0.39 is 0 Å². The zero-order chi connectivity index (χ0) is 17.7. The predicted octanol–water partition coefficient (Wildman–Crippen LogP) is 1.43. The van der Waals surface area contributed by atoms with E-state index in [4.69, 9.17) is 0 Å². The van der Waals surface area contributed by atoms with Crippen LogP contribution in [0.25, 0.3) is 0 Å². The monoisotopic (exact) mass is 335 g/mol. The van der Waals surface area contributed by atoms with Crippen molar-refractivity contribution in [2.45, 2.75) is 38.8 Å². The number of benzene rings is 1. The molecule has 0 unspecified atom stereocenters. The summed E-state index contributed by atoms with van der Waals surface area (Å²) in [5.74, 6) is -0.292. The van der Waals surface area contributed by atoms with E-state index in [0.717, 1.165) is 5.56 Å². The van der Waals surface area contributed by atoms with Gasteiger partial charge >= 0.3 is 0 Å². The Bertz CT molecular complexity index is 574. The second kappa shape index (κ2) is 8.24. The smallest absolute Gasteiger partial charge is 0.238 e. The predicted molar refractivity (Wildman–Crippen MR) is 91.0 cm³/mol. The highest BCUT2D eigenvalue weighted by Gasteiger charge is 2.34. The van der Waals surface area contributed by atoms with E-state index in [2.05, 4.69) is 24.1 Å². The molecule has 1 aliphatic heterocycles. The molecule has 132 valence electrons. The first kappa shape index (κ1) is 18.4. The lowest BCUT2D eigenvalue weighted by atomic mass is 10.1. The molecule has 1 N–H and O–H groups in total. The first-order valence-corrected chi connectivity index (χ1v) is 8.42. The molecule has 1 saturated heterocycles. The first-order chi connectivity index (χ1) is 11.4. The van der Waals surface area contributed by atoms with Crippen molar-refractivity contribution in [3.05, 3.63) is 35.6 Å². The van der Waals surface area contributed by atoms with Crippen LogP contribution in [0.2, 0.25) is 0 Å². The third-order valence-corrected chi connectivity index (χ3v) is 4.53. The lowest BCUT2D eigenvalue weighted by Gasteiger charge is -2.42. The number of nitrogens with zero attached hydrogens (tertiary/aromatic N) is 2. The van der Waals surface area contributed by atoms with Crippen molar-refractivity contribution in [3.8, 4) is 0 Å². The Balaban J connectivity index is 1.94. The van der Waals surface area contributed by atoms with Crippen molar-refractivity contribution in [1.29, 1.82) is 0 Å². The summed E-state index contributed by atoms with van der Waals surface area (Å²) in [7, 11) is 1.62. The number of aryl methyl sites for hydroxylation is 1. The lowest BCUT2D eigenvalue weighted by Crippen LogP contribution is -2.61. The van der Waals surface area contributed by atoms with Gasteiger partial charge in [0, 0.05) is 39.1 Å². The van der Waals surface area contributed by atoms with E-state index >= 15 is 0 Å². The quantitative estimate of drug-likeness (QED) is 0.886. The summed E-state index contributed by atoms with van der Waals surface area (Å²) < 4.78 is 12.9. The van der Waals surface area contributed by atoms with Crippen LogP contribution < -0.4 is 5.32 Å². The minimum atomic E-state index is -0.307. The highest BCUT2D eigenvalue weighted by Crippen LogP contribution is 2.15. The molecule has 1 aromatic rings. The Morgan fingerprint density at radius 3 is 2.50 bits per heavy atom. The number of rotatable bonds is 5. The second-order valence-corrected chi connectivity index (χ2v) is 6.43. The van der Waals surface area contributed by atoms with Gasteiger partial charge in [0.2, 0.25) is 11.8 Å². The van der Waals surface area contributed by atoms with E-state index in [9.17, 15) is 14.0 Å². The van der Waals surface area contributed by atoms with Crippen LogP contribution >= 0.6 is 0 Å². The Labute approximate surface area is 142 Å². The molecular weight excluding hydrogens is 309 g/mol. The fourth-order valence-electron chi connectivity index (χ4n) is 3.10. The van der Waals surface area contributed by atoms with Crippen molar-refractivity contribution < 1.29 is 14.0 Å². The number of nitrogens with one attached hydrogen (secondary N) is 1. The molecule has 24 heavy (non-hydrogen) atoms. The molecule has 0 spiro atoms. The number of amides is 2. The topological polar surface area (TPSA) is 52.7 Å². The van der Waals surface area contributed by atoms with Crippen molar-refractivity contribution in [1.82, 2.24) is 15.1 Å². The van der Waals surface area contributed by atoms with Gasteiger partial charge in [-0.1, -0.05) is 12.1 Å². The van der Waals surface area contributed by atoms with Crippen LogP contribution in [0.1, 0.15) is 25.8 Å². The molecule has 0 saturated carbocycles. The van der Waals surface area contributed by atoms with E-state index in [1.165, 1.54) is 12.1 Å². The fourth-order valence-corrected chi connectivity index (χ4v) is 3.10. The molecule has 0 aromatic heterocycles. The molecule has 0 radical (unpaired) electrons. The van der Waals surface area contributed by atoms with Crippen molar-refractivity contribution in [3.63, 3.8) is 0 Å². The zero-order valence-electron chi connectivity index (χ0n) is 14.6. The van der Waals surface area contributed by atoms with E-state index in [0.29, 0.717) is 32.5 Å². The third kappa shape index (κ3) is 4.54. The number of carbonyl (C=O) groups excluding carboxylic acids is 2. The first-order valence-electron chi connectivity index (χ1n) is 8.42. The maximum Gasteiger partial charge on any atom is 0.238 e. The molecule has 2 amide bonds. The number of likely N-dealkylation sites (N-methyl/N-ethyl adjacent to an activating group) is 1. The van der Waals surface area contributed by atoms with Crippen LogP contribution in [0.15, 0.2) is 24.3 Å². The average Bonchev–Trinajstić information content (AvgIpc) is 2.59. The van der Waals surface area contributed by atoms with Gasteiger partial charge in [0.1, 0.15) is 11.9 Å². The van der Waals surface area contributed by atoms with Gasteiger partial charge in [0.15, 0.2) is 0 Å². The summed E-state index contributed by atoms with van der Waals surface area (Å²) in [6.45, 7) is 5.86. The van der Waals surface area contributed by atoms with E-state index in [-0.39, 0.29) is 29.7 Å². The van der Waals surface area contributed by atoms with Gasteiger partial charge in [0.25, 0.3) is 0 Å². The van der Waals surface area contributed by atoms with Crippen LogP contribution in [0.5, 0.6) is 0 Å². The molecule has 0 aliphatic carbocycles. The van der Waals surface area contributed by atoms with E-state index in [1.54, 1.807) is 24.1 Å². The fraction of sp³-hybridized carbons (Fsp3) is 0.556. The Morgan fingerprint density at radius 2 is 1.92 bits per heavy atom. The van der Waals surface area contributed by atoms with Crippen molar-refractivity contribution in [2.24, 2.45) is 0 Å². The zero-order valence-corrected chi connectivity index (χ0v) is 14.6. The molecule has 0 bridgehead atoms. The molecule has 1 aliphatic rings. The Hall–Kier alpha value is -1.95. The summed E-state index contributed by atoms with van der Waals surface area (Å²) in [6, 6.07) is 6.16. The van der Waals surface area contributed by atoms with Gasteiger partial charge in [-0.05, 0) is 38.0 Å². The average molecular weight is 335 g/mol. The summed E-state index contributed by atoms with van der Waals surface area (Å²) in [6.07, 6.45) is 0.946. The highest BCUT2D eigenvalue weighted by atomic mass is 19.1. The summed E-state index contributed by atoms with van der Waals surface area (Å²) >= 11 is 0. The lowest BCUT2D eigenvalue weighted by molar-refractivity contribution is -0.138. The number of piperazine rings is 1. The van der Waals surface area contributed by atoms with Gasteiger partial charge in [-0.2, -0.15) is 0 Å². The minimum Gasteiger partial charge on any atom is -0.358 e. The third-order valence-electron chi connectivity index (χ3n) is 4.53. The second-order valence-electron chi connectivity index (χ2n) is 6.43. The van der Waals surface area contributed by atoms with Crippen LogP contribution in [0.3, 0.4) is 0 Å². The summed E-state index contributed by atoms with van der Waals surface area (Å²) in [5.41, 5.74) is 0.938. The molecule has 1 heterocycles. The molecule has 1 atom stereocenters. The number of hydrogen-bond acceptors (Lipinski definition) is 3. The van der Waals surface area contributed by atoms with Crippen LogP contribution in [-0.2, 0) is 16.0 Å². The maximum absolute atomic E-state index is 12.9. The minimum absolute atomic E-state index is 0.0386. The Morgan fingerprint density at radius 1 is 1.25 bits per heavy atom. The molecule has 2 rings (SSSR count). The van der Waals surface area contributed by atoms with E-state index in [1.807, 2.05) is 0 Å². The normalized spacial score (nSPS) is 18.7. The SMILES string of the molecule is CNC(=O)[C@H]1CN(C(=O)CCc2ccc(F)cc2)CCN1C(C)C. The van der Waals surface area contributed by atoms with Gasteiger partial charge in [-0.15, -0.1) is 0 Å². The summed E-state index contributed by atoms with van der Waals surface area (Å²) in [4.78, 5) is 28.5. The molecule has 1 fully saturated rings. The standard InChI is InChI=1S/C18H26FN3O2/c1-13(2)22-11-10-21(12-16(22)18(24)20-3)17(23)9-6-14-4-7-15(19)8-5-14/h4-5,7-8,13,16H,6,9-12H2,1-3H3,(H,20,24)/t16-/m1/s1. The number of hydrogen-bond donors (Lipinski definition) is 1. The van der Waals surface area contributed by atoms with Crippen molar-refractivity contribution >= 4 is 11.8 Å². The highest BCUT2D eigenvalue weighted by molar-refractivity contribution is 5.83. The van der Waals surface area contributed by atoms with Crippen LogP contribution in [-0.4, -0.2) is 60.4 Å². The number of carbonyl (C=O) groups is 2. The summed E-state index contributed by atoms with van der Waals surface area (Å²) in [5, 5.41) is 2.69. The Kier molecular flexibility index (Phi) is 6.31. The van der Waals surface area contributed by atoms with Crippen molar-refractivity contribution in [2.75, 3.05) is 26.7 Å². The van der Waals surface area contributed by atoms with Crippen LogP contribution in [0, 0.1) is 5.82 Å². The van der Waals surface area contributed by atoms with Gasteiger partial charge in [-0.25, -0.2) is 4.39 Å². The molecular formula is C18H26FN3O2. The largest absolute Gasteiger partial charge is 0.358 e. The van der Waals surface area contributed by atoms with Gasteiger partial charge in [0.05, 0.1) is 0 Å². The molecule has 1 aromatic carbocycles. The molecule has 6 heteroatoms. The maximum atomic E-state index is 12.9. The van der Waals surface area contributed by atoms with Crippen LogP contribution in [0.4, 0.5) is 4.39 Å². The molecule has 5 nitrogen and oxygen atoms in total. The number of halogens is 1. The van der Waals surface area contributed by atoms with Gasteiger partial charge < -0.3 is 10.2 Å².